The smallest absolute Gasteiger partial charge is 0.0804 e. The first-order valence-electron chi connectivity index (χ1n) is 5.60. The van der Waals surface area contributed by atoms with E-state index < -0.39 is 8.07 Å². The van der Waals surface area contributed by atoms with Gasteiger partial charge in [-0.15, -0.1) is 0 Å². The van der Waals surface area contributed by atoms with Crippen molar-refractivity contribution in [2.45, 2.75) is 19.6 Å². The second-order valence-corrected chi connectivity index (χ2v) is 10.1. The van der Waals surface area contributed by atoms with Crippen LogP contribution in [0.5, 0.6) is 0 Å². The van der Waals surface area contributed by atoms with E-state index in [1.54, 1.807) is 0 Å². The largest absolute Gasteiger partial charge is 0.256 e. The molecule has 0 fully saturated rings. The molecule has 1 heterocycles. The molecule has 1 aromatic heterocycles. The highest BCUT2D eigenvalue weighted by Gasteiger charge is 2.21. The monoisotopic (exact) mass is 227 g/mol. The maximum absolute atomic E-state index is 4.55. The quantitative estimate of drug-likeness (QED) is 0.717. The third-order valence-electron chi connectivity index (χ3n) is 2.66. The average Bonchev–Trinajstić information content (AvgIpc) is 2.29. The fourth-order valence-corrected chi connectivity index (χ4v) is 3.35. The molecule has 1 nitrogen and oxygen atoms in total. The molecule has 2 heteroatoms. The molecule has 2 aromatic rings. The summed E-state index contributed by atoms with van der Waals surface area (Å²) in [7, 11) is -1.32. The molecule has 0 bridgehead atoms. The number of aromatic nitrogens is 1. The molecule has 2 rings (SSSR count). The van der Waals surface area contributed by atoms with E-state index in [1.807, 2.05) is 18.3 Å². The van der Waals surface area contributed by atoms with Crippen LogP contribution in [0.4, 0.5) is 0 Å². The zero-order valence-corrected chi connectivity index (χ0v) is 11.1. The average molecular weight is 227 g/mol. The van der Waals surface area contributed by atoms with E-state index in [4.69, 9.17) is 0 Å². The normalized spacial score (nSPS) is 11.4. The van der Waals surface area contributed by atoms with Crippen LogP contribution in [-0.4, -0.2) is 13.1 Å². The fraction of sp³-hybridized carbons (Fsp3) is 0.214. The van der Waals surface area contributed by atoms with Crippen LogP contribution < -0.4 is 5.19 Å². The Balaban J connectivity index is 2.58. The van der Waals surface area contributed by atoms with Crippen LogP contribution in [0.2, 0.25) is 19.6 Å². The van der Waals surface area contributed by atoms with Crippen molar-refractivity contribution in [2.24, 2.45) is 0 Å². The Bertz CT molecular complexity index is 472. The summed E-state index contributed by atoms with van der Waals surface area (Å²) in [5.41, 5.74) is 2.38. The molecule has 0 saturated heterocycles. The van der Waals surface area contributed by atoms with Gasteiger partial charge in [-0.25, -0.2) is 0 Å². The molecule has 0 aliphatic heterocycles. The number of pyridine rings is 1. The van der Waals surface area contributed by atoms with Gasteiger partial charge in [0.25, 0.3) is 0 Å². The van der Waals surface area contributed by atoms with Crippen LogP contribution in [0.1, 0.15) is 0 Å². The van der Waals surface area contributed by atoms with E-state index >= 15 is 0 Å². The van der Waals surface area contributed by atoms with Crippen LogP contribution in [-0.2, 0) is 0 Å². The molecule has 0 N–H and O–H groups in total. The van der Waals surface area contributed by atoms with Crippen LogP contribution in [0.25, 0.3) is 11.3 Å². The van der Waals surface area contributed by atoms with Gasteiger partial charge in [0.2, 0.25) is 0 Å². The standard InChI is InChI=1S/C14H17NSi/c1-16(2,3)13-10-7-11-15-14(13)12-8-5-4-6-9-12/h4-11H,1-3H3. The third kappa shape index (κ3) is 2.22. The van der Waals surface area contributed by atoms with E-state index in [2.05, 4.69) is 55.0 Å². The second kappa shape index (κ2) is 4.22. The minimum atomic E-state index is -1.32. The van der Waals surface area contributed by atoms with Gasteiger partial charge < -0.3 is 0 Å². The van der Waals surface area contributed by atoms with Crippen molar-refractivity contribution < 1.29 is 0 Å². The third-order valence-corrected chi connectivity index (χ3v) is 4.68. The summed E-state index contributed by atoms with van der Waals surface area (Å²) in [6, 6.07) is 14.7. The first-order chi connectivity index (χ1) is 7.59. The molecular formula is C14H17NSi. The first-order valence-corrected chi connectivity index (χ1v) is 9.10. The summed E-state index contributed by atoms with van der Waals surface area (Å²) in [5.74, 6) is 0. The molecule has 0 unspecified atom stereocenters. The van der Waals surface area contributed by atoms with Crippen molar-refractivity contribution in [1.82, 2.24) is 4.98 Å². The molecule has 0 saturated carbocycles. The van der Waals surface area contributed by atoms with Gasteiger partial charge in [-0.3, -0.25) is 4.98 Å². The summed E-state index contributed by atoms with van der Waals surface area (Å²) in [6.07, 6.45) is 1.88. The molecule has 0 amide bonds. The lowest BCUT2D eigenvalue weighted by molar-refractivity contribution is 1.34. The van der Waals surface area contributed by atoms with Crippen LogP contribution in [0, 0.1) is 0 Å². The summed E-state index contributed by atoms with van der Waals surface area (Å²) >= 11 is 0. The molecule has 0 spiro atoms. The van der Waals surface area contributed by atoms with E-state index in [0.717, 1.165) is 5.69 Å². The Morgan fingerprint density at radius 1 is 0.875 bits per heavy atom. The molecule has 0 aliphatic carbocycles. The van der Waals surface area contributed by atoms with E-state index in [9.17, 15) is 0 Å². The maximum atomic E-state index is 4.55. The van der Waals surface area contributed by atoms with Gasteiger partial charge in [-0.2, -0.15) is 0 Å². The Kier molecular flexibility index (Phi) is 2.92. The van der Waals surface area contributed by atoms with Crippen molar-refractivity contribution in [1.29, 1.82) is 0 Å². The fourth-order valence-electron chi connectivity index (χ4n) is 1.84. The highest BCUT2D eigenvalue weighted by molar-refractivity contribution is 6.89. The van der Waals surface area contributed by atoms with Gasteiger partial charge in [0, 0.05) is 6.20 Å². The number of benzene rings is 1. The minimum absolute atomic E-state index is 1.15. The molecule has 0 radical (unpaired) electrons. The Labute approximate surface area is 98.2 Å². The van der Waals surface area contributed by atoms with Crippen molar-refractivity contribution >= 4 is 13.3 Å². The van der Waals surface area contributed by atoms with Crippen molar-refractivity contribution in [2.75, 3.05) is 0 Å². The topological polar surface area (TPSA) is 12.9 Å². The molecule has 0 atom stereocenters. The lowest BCUT2D eigenvalue weighted by atomic mass is 10.1. The van der Waals surface area contributed by atoms with Crippen molar-refractivity contribution in [3.63, 3.8) is 0 Å². The molecule has 0 aliphatic rings. The minimum Gasteiger partial charge on any atom is -0.256 e. The maximum Gasteiger partial charge on any atom is 0.0804 e. The first kappa shape index (κ1) is 11.1. The van der Waals surface area contributed by atoms with Gasteiger partial charge in [0.15, 0.2) is 0 Å². The zero-order valence-electron chi connectivity index (χ0n) is 10.1. The predicted octanol–water partition coefficient (Wildman–Crippen LogP) is 3.29. The van der Waals surface area contributed by atoms with Gasteiger partial charge in [-0.05, 0) is 16.8 Å². The van der Waals surface area contributed by atoms with Crippen LogP contribution in [0.15, 0.2) is 48.7 Å². The summed E-state index contributed by atoms with van der Waals surface area (Å²) < 4.78 is 0. The number of hydrogen-bond acceptors (Lipinski definition) is 1. The Morgan fingerprint density at radius 2 is 1.56 bits per heavy atom. The number of hydrogen-bond donors (Lipinski definition) is 0. The number of rotatable bonds is 2. The van der Waals surface area contributed by atoms with E-state index in [1.165, 1.54) is 10.8 Å². The number of nitrogens with zero attached hydrogens (tertiary/aromatic N) is 1. The van der Waals surface area contributed by atoms with Gasteiger partial charge in [-0.1, -0.05) is 56.0 Å². The molecule has 82 valence electrons. The van der Waals surface area contributed by atoms with Crippen molar-refractivity contribution in [3.05, 3.63) is 48.7 Å². The van der Waals surface area contributed by atoms with E-state index in [-0.39, 0.29) is 0 Å². The molecule has 1 aromatic carbocycles. The predicted molar refractivity (Wildman–Crippen MR) is 72.7 cm³/mol. The van der Waals surface area contributed by atoms with Gasteiger partial charge >= 0.3 is 0 Å². The molecular weight excluding hydrogens is 210 g/mol. The summed E-state index contributed by atoms with van der Waals surface area (Å²) in [5, 5.41) is 1.43. The Morgan fingerprint density at radius 3 is 2.19 bits per heavy atom. The lowest BCUT2D eigenvalue weighted by Gasteiger charge is -2.19. The summed E-state index contributed by atoms with van der Waals surface area (Å²) in [4.78, 5) is 4.55. The second-order valence-electron chi connectivity index (χ2n) is 5.02. The van der Waals surface area contributed by atoms with Crippen LogP contribution in [0.3, 0.4) is 0 Å². The highest BCUT2D eigenvalue weighted by Crippen LogP contribution is 2.17. The van der Waals surface area contributed by atoms with Crippen LogP contribution >= 0.6 is 0 Å². The highest BCUT2D eigenvalue weighted by atomic mass is 28.3. The zero-order chi connectivity index (χ0) is 11.6. The van der Waals surface area contributed by atoms with Crippen molar-refractivity contribution in [3.8, 4) is 11.3 Å². The molecule has 16 heavy (non-hydrogen) atoms. The van der Waals surface area contributed by atoms with Gasteiger partial charge in [0.05, 0.1) is 13.8 Å². The SMILES string of the molecule is C[Si](C)(C)c1cccnc1-c1ccccc1. The van der Waals surface area contributed by atoms with Gasteiger partial charge in [0.1, 0.15) is 0 Å². The Hall–Kier alpha value is -1.41. The van der Waals surface area contributed by atoms with E-state index in [0.29, 0.717) is 0 Å². The summed E-state index contributed by atoms with van der Waals surface area (Å²) in [6.45, 7) is 7.07. The lowest BCUT2D eigenvalue weighted by Crippen LogP contribution is -2.39.